The summed E-state index contributed by atoms with van der Waals surface area (Å²) in [6, 6.07) is 8.32. The smallest absolute Gasteiger partial charge is 0.152 e. The van der Waals surface area contributed by atoms with Gasteiger partial charge in [0, 0.05) is 18.5 Å². The van der Waals surface area contributed by atoms with Crippen molar-refractivity contribution >= 4 is 16.7 Å². The van der Waals surface area contributed by atoms with E-state index >= 15 is 0 Å². The predicted octanol–water partition coefficient (Wildman–Crippen LogP) is 1.68. The summed E-state index contributed by atoms with van der Waals surface area (Å²) in [5, 5.41) is 8.63. The van der Waals surface area contributed by atoms with Crippen LogP contribution in [0.4, 0.5) is 0 Å². The summed E-state index contributed by atoms with van der Waals surface area (Å²) < 4.78 is 1.83. The highest BCUT2D eigenvalue weighted by Gasteiger charge is 2.12. The minimum atomic E-state index is 0.174. The van der Waals surface area contributed by atoms with Gasteiger partial charge in [-0.15, -0.1) is 0 Å². The predicted molar refractivity (Wildman–Crippen MR) is 72.6 cm³/mol. The van der Waals surface area contributed by atoms with Gasteiger partial charge in [-0.25, -0.2) is 0 Å². The monoisotopic (exact) mass is 245 g/mol. The van der Waals surface area contributed by atoms with Crippen LogP contribution < -0.4 is 5.32 Å². The zero-order valence-electron chi connectivity index (χ0n) is 11.1. The second-order valence-corrected chi connectivity index (χ2v) is 4.84. The van der Waals surface area contributed by atoms with Crippen LogP contribution in [0.2, 0.25) is 0 Å². The van der Waals surface area contributed by atoms with Crippen LogP contribution in [0, 0.1) is 0 Å². The van der Waals surface area contributed by atoms with Gasteiger partial charge >= 0.3 is 0 Å². The lowest BCUT2D eigenvalue weighted by Gasteiger charge is -2.06. The highest BCUT2D eigenvalue weighted by Crippen LogP contribution is 2.17. The SMILES string of the molecule is CC(C)NCC(=O)Cc1nn(C)c2ccccc12. The Balaban J connectivity index is 2.14. The van der Waals surface area contributed by atoms with E-state index in [1.54, 1.807) is 0 Å². The molecular formula is C14H19N3O. The molecule has 0 radical (unpaired) electrons. The summed E-state index contributed by atoms with van der Waals surface area (Å²) in [4.78, 5) is 11.9. The number of nitrogens with one attached hydrogen (secondary N) is 1. The number of benzene rings is 1. The van der Waals surface area contributed by atoms with Crippen LogP contribution in [-0.4, -0.2) is 28.2 Å². The Bertz CT molecular complexity index is 557. The minimum absolute atomic E-state index is 0.174. The third-order valence-electron chi connectivity index (χ3n) is 2.91. The van der Waals surface area contributed by atoms with Crippen molar-refractivity contribution in [1.29, 1.82) is 0 Å². The quantitative estimate of drug-likeness (QED) is 0.872. The van der Waals surface area contributed by atoms with Crippen molar-refractivity contribution < 1.29 is 4.79 Å². The molecule has 96 valence electrons. The highest BCUT2D eigenvalue weighted by molar-refractivity contribution is 5.89. The molecule has 0 saturated carbocycles. The van der Waals surface area contributed by atoms with Crippen LogP contribution in [-0.2, 0) is 18.3 Å². The highest BCUT2D eigenvalue weighted by atomic mass is 16.1. The van der Waals surface area contributed by atoms with E-state index in [1.165, 1.54) is 0 Å². The van der Waals surface area contributed by atoms with Gasteiger partial charge in [-0.1, -0.05) is 32.0 Å². The number of hydrogen-bond acceptors (Lipinski definition) is 3. The fourth-order valence-electron chi connectivity index (χ4n) is 1.99. The Morgan fingerprint density at radius 2 is 2.11 bits per heavy atom. The van der Waals surface area contributed by atoms with Crippen LogP contribution >= 0.6 is 0 Å². The van der Waals surface area contributed by atoms with Crippen LogP contribution in [0.25, 0.3) is 10.9 Å². The van der Waals surface area contributed by atoms with Gasteiger partial charge in [0.25, 0.3) is 0 Å². The van der Waals surface area contributed by atoms with Crippen LogP contribution in [0.3, 0.4) is 0 Å². The lowest BCUT2D eigenvalue weighted by molar-refractivity contribution is -0.117. The number of aryl methyl sites for hydroxylation is 1. The molecule has 0 amide bonds. The van der Waals surface area contributed by atoms with Crippen molar-refractivity contribution in [2.45, 2.75) is 26.3 Å². The van der Waals surface area contributed by atoms with Gasteiger partial charge < -0.3 is 5.32 Å². The van der Waals surface area contributed by atoms with E-state index in [0.29, 0.717) is 19.0 Å². The molecule has 0 atom stereocenters. The molecule has 1 N–H and O–H groups in total. The van der Waals surface area contributed by atoms with Crippen molar-refractivity contribution in [3.05, 3.63) is 30.0 Å². The molecule has 1 heterocycles. The van der Waals surface area contributed by atoms with E-state index < -0.39 is 0 Å². The van der Waals surface area contributed by atoms with E-state index in [0.717, 1.165) is 16.6 Å². The topological polar surface area (TPSA) is 46.9 Å². The second kappa shape index (κ2) is 5.31. The normalized spacial score (nSPS) is 11.3. The summed E-state index contributed by atoms with van der Waals surface area (Å²) in [7, 11) is 1.91. The summed E-state index contributed by atoms with van der Waals surface area (Å²) in [5.41, 5.74) is 1.93. The lowest BCUT2D eigenvalue weighted by Crippen LogP contribution is -2.30. The van der Waals surface area contributed by atoms with Crippen molar-refractivity contribution in [1.82, 2.24) is 15.1 Å². The molecule has 0 saturated heterocycles. The first kappa shape index (κ1) is 12.8. The van der Waals surface area contributed by atoms with Gasteiger partial charge in [-0.05, 0) is 6.07 Å². The van der Waals surface area contributed by atoms with Crippen molar-refractivity contribution in [2.75, 3.05) is 6.54 Å². The summed E-state index contributed by atoms with van der Waals surface area (Å²) in [6.45, 7) is 4.47. The Morgan fingerprint density at radius 1 is 1.39 bits per heavy atom. The summed E-state index contributed by atoms with van der Waals surface area (Å²) in [5.74, 6) is 0.174. The van der Waals surface area contributed by atoms with Gasteiger partial charge in [0.1, 0.15) is 0 Å². The van der Waals surface area contributed by atoms with Crippen molar-refractivity contribution in [3.8, 4) is 0 Å². The minimum Gasteiger partial charge on any atom is -0.308 e. The molecule has 1 aromatic carbocycles. The number of fused-ring (bicyclic) bond motifs is 1. The summed E-state index contributed by atoms with van der Waals surface area (Å²) in [6.07, 6.45) is 0.390. The largest absolute Gasteiger partial charge is 0.308 e. The van der Waals surface area contributed by atoms with Gasteiger partial charge in [-0.2, -0.15) is 5.10 Å². The Morgan fingerprint density at radius 3 is 2.83 bits per heavy atom. The first-order valence-electron chi connectivity index (χ1n) is 6.23. The van der Waals surface area contributed by atoms with Crippen LogP contribution in [0.15, 0.2) is 24.3 Å². The zero-order valence-corrected chi connectivity index (χ0v) is 11.1. The number of carbonyl (C=O) groups is 1. The van der Waals surface area contributed by atoms with Gasteiger partial charge in [-0.3, -0.25) is 9.48 Å². The number of para-hydroxylation sites is 1. The standard InChI is InChI=1S/C14H19N3O/c1-10(2)15-9-11(18)8-13-12-6-4-5-7-14(12)17(3)16-13/h4-7,10,15H,8-9H2,1-3H3. The number of hydrogen-bond donors (Lipinski definition) is 1. The second-order valence-electron chi connectivity index (χ2n) is 4.84. The van der Waals surface area contributed by atoms with Crippen molar-refractivity contribution in [3.63, 3.8) is 0 Å². The Hall–Kier alpha value is -1.68. The molecule has 0 spiro atoms. The first-order chi connectivity index (χ1) is 8.58. The van der Waals surface area contributed by atoms with E-state index in [1.807, 2.05) is 49.8 Å². The van der Waals surface area contributed by atoms with E-state index in [9.17, 15) is 4.79 Å². The number of nitrogens with zero attached hydrogens (tertiary/aromatic N) is 2. The average Bonchev–Trinajstić information content (AvgIpc) is 2.65. The van der Waals surface area contributed by atoms with Gasteiger partial charge in [0.2, 0.25) is 0 Å². The molecule has 2 aromatic rings. The molecule has 4 nitrogen and oxygen atoms in total. The molecule has 0 aliphatic rings. The van der Waals surface area contributed by atoms with Crippen LogP contribution in [0.5, 0.6) is 0 Å². The molecule has 0 aliphatic carbocycles. The fraction of sp³-hybridized carbons (Fsp3) is 0.429. The molecule has 0 fully saturated rings. The van der Waals surface area contributed by atoms with Crippen molar-refractivity contribution in [2.24, 2.45) is 7.05 Å². The number of carbonyl (C=O) groups excluding carboxylic acids is 1. The lowest BCUT2D eigenvalue weighted by atomic mass is 10.1. The third kappa shape index (κ3) is 2.76. The average molecular weight is 245 g/mol. The molecular weight excluding hydrogens is 226 g/mol. The number of rotatable bonds is 5. The maximum atomic E-state index is 11.9. The number of ketones is 1. The number of Topliss-reactive ketones (excluding diaryl/α,β-unsaturated/α-hetero) is 1. The molecule has 0 bridgehead atoms. The number of aromatic nitrogens is 2. The van der Waals surface area contributed by atoms with E-state index in [2.05, 4.69) is 10.4 Å². The zero-order chi connectivity index (χ0) is 13.1. The van der Waals surface area contributed by atoms with Crippen LogP contribution in [0.1, 0.15) is 19.5 Å². The summed E-state index contributed by atoms with van der Waals surface area (Å²) >= 11 is 0. The molecule has 4 heteroatoms. The molecule has 1 aromatic heterocycles. The maximum Gasteiger partial charge on any atom is 0.152 e. The van der Waals surface area contributed by atoms with Gasteiger partial charge in [0.15, 0.2) is 5.78 Å². The first-order valence-corrected chi connectivity index (χ1v) is 6.23. The molecule has 0 unspecified atom stereocenters. The molecule has 18 heavy (non-hydrogen) atoms. The molecule has 0 aliphatic heterocycles. The third-order valence-corrected chi connectivity index (χ3v) is 2.91. The Kier molecular flexibility index (Phi) is 3.77. The van der Waals surface area contributed by atoms with E-state index in [-0.39, 0.29) is 5.78 Å². The fourth-order valence-corrected chi connectivity index (χ4v) is 1.99. The van der Waals surface area contributed by atoms with E-state index in [4.69, 9.17) is 0 Å². The van der Waals surface area contributed by atoms with Gasteiger partial charge in [0.05, 0.1) is 24.2 Å². The Labute approximate surface area is 107 Å². The maximum absolute atomic E-state index is 11.9. The molecule has 2 rings (SSSR count).